The molecule has 0 fully saturated rings. The van der Waals surface area contributed by atoms with Crippen molar-refractivity contribution in [2.75, 3.05) is 6.61 Å². The Labute approximate surface area is 104 Å². The lowest BCUT2D eigenvalue weighted by Gasteiger charge is -2.14. The van der Waals surface area contributed by atoms with Gasteiger partial charge in [-0.15, -0.1) is 0 Å². The molecule has 1 aromatic rings. The summed E-state index contributed by atoms with van der Waals surface area (Å²) in [6, 6.07) is 5.84. The van der Waals surface area contributed by atoms with E-state index in [4.69, 9.17) is 16.7 Å². The molecule has 0 saturated heterocycles. The van der Waals surface area contributed by atoms with Crippen molar-refractivity contribution in [1.82, 2.24) is 5.32 Å². The van der Waals surface area contributed by atoms with E-state index in [1.165, 1.54) is 0 Å². The van der Waals surface area contributed by atoms with E-state index in [-0.39, 0.29) is 12.6 Å². The number of hydrogen-bond donors (Lipinski definition) is 2. The molecule has 0 radical (unpaired) electrons. The third kappa shape index (κ3) is 4.11. The van der Waals surface area contributed by atoms with Crippen LogP contribution in [0.3, 0.4) is 0 Å². The van der Waals surface area contributed by atoms with Gasteiger partial charge in [-0.1, -0.05) is 34.5 Å². The Morgan fingerprint density at radius 1 is 1.53 bits per heavy atom. The Morgan fingerprint density at radius 3 is 2.87 bits per heavy atom. The highest BCUT2D eigenvalue weighted by Gasteiger charge is 2.05. The number of benzene rings is 1. The first-order valence-electron chi connectivity index (χ1n) is 4.95. The van der Waals surface area contributed by atoms with Gasteiger partial charge in [0.05, 0.1) is 6.61 Å². The molecule has 0 bridgehead atoms. The number of hydrogen-bond acceptors (Lipinski definition) is 2. The van der Waals surface area contributed by atoms with Gasteiger partial charge in [0, 0.05) is 22.1 Å². The number of halogens is 2. The average molecular weight is 293 g/mol. The summed E-state index contributed by atoms with van der Waals surface area (Å²) in [5.41, 5.74) is 1.11. The molecule has 1 unspecified atom stereocenters. The van der Waals surface area contributed by atoms with Crippen molar-refractivity contribution in [2.45, 2.75) is 25.9 Å². The van der Waals surface area contributed by atoms with Crippen molar-refractivity contribution >= 4 is 27.5 Å². The molecule has 4 heteroatoms. The Morgan fingerprint density at radius 2 is 2.27 bits per heavy atom. The van der Waals surface area contributed by atoms with Crippen molar-refractivity contribution in [2.24, 2.45) is 0 Å². The Kier molecular flexibility index (Phi) is 5.61. The maximum atomic E-state index is 9.03. The lowest BCUT2D eigenvalue weighted by atomic mass is 10.2. The van der Waals surface area contributed by atoms with Crippen molar-refractivity contribution in [3.05, 3.63) is 33.3 Å². The number of rotatable bonds is 5. The summed E-state index contributed by atoms with van der Waals surface area (Å²) in [5.74, 6) is 0. The number of aliphatic hydroxyl groups excluding tert-OH is 1. The summed E-state index contributed by atoms with van der Waals surface area (Å²) in [6.07, 6.45) is 0.911. The summed E-state index contributed by atoms with van der Waals surface area (Å²) >= 11 is 9.37. The molecule has 2 nitrogen and oxygen atoms in total. The van der Waals surface area contributed by atoms with E-state index in [1.54, 1.807) is 0 Å². The fourth-order valence-electron chi connectivity index (χ4n) is 1.27. The van der Waals surface area contributed by atoms with E-state index in [0.717, 1.165) is 21.5 Å². The number of aliphatic hydroxyl groups is 1. The molecule has 84 valence electrons. The van der Waals surface area contributed by atoms with Crippen LogP contribution in [-0.2, 0) is 6.54 Å². The van der Waals surface area contributed by atoms with Crippen LogP contribution < -0.4 is 5.32 Å². The second-order valence-corrected chi connectivity index (χ2v) is 4.70. The smallest absolute Gasteiger partial charge is 0.0584 e. The Hall–Kier alpha value is -0.0900. The summed E-state index contributed by atoms with van der Waals surface area (Å²) in [7, 11) is 0. The molecule has 0 aliphatic carbocycles. The van der Waals surface area contributed by atoms with Crippen LogP contribution in [-0.4, -0.2) is 17.8 Å². The summed E-state index contributed by atoms with van der Waals surface area (Å²) in [5, 5.41) is 13.0. The van der Waals surface area contributed by atoms with E-state index in [1.807, 2.05) is 25.1 Å². The van der Waals surface area contributed by atoms with Gasteiger partial charge in [0.15, 0.2) is 0 Å². The monoisotopic (exact) mass is 291 g/mol. The van der Waals surface area contributed by atoms with Crippen molar-refractivity contribution in [3.63, 3.8) is 0 Å². The van der Waals surface area contributed by atoms with Crippen LogP contribution in [0.5, 0.6) is 0 Å². The first-order valence-corrected chi connectivity index (χ1v) is 6.12. The molecule has 0 saturated carbocycles. The third-order valence-electron chi connectivity index (χ3n) is 2.30. The van der Waals surface area contributed by atoms with Crippen LogP contribution in [0.15, 0.2) is 22.7 Å². The van der Waals surface area contributed by atoms with Gasteiger partial charge >= 0.3 is 0 Å². The normalized spacial score (nSPS) is 12.8. The molecule has 15 heavy (non-hydrogen) atoms. The molecule has 0 aromatic heterocycles. The maximum Gasteiger partial charge on any atom is 0.0584 e. The standard InChI is InChI=1S/C11H15BrClNO/c1-2-10(7-15)14-6-8-5-9(13)3-4-11(8)12/h3-5,10,14-15H,2,6-7H2,1H3. The molecule has 1 atom stereocenters. The second-order valence-electron chi connectivity index (χ2n) is 3.40. The molecule has 0 aliphatic rings. The van der Waals surface area contributed by atoms with Crippen LogP contribution in [0.1, 0.15) is 18.9 Å². The summed E-state index contributed by atoms with van der Waals surface area (Å²) in [4.78, 5) is 0. The molecule has 0 heterocycles. The lowest BCUT2D eigenvalue weighted by Crippen LogP contribution is -2.31. The highest BCUT2D eigenvalue weighted by atomic mass is 79.9. The quantitative estimate of drug-likeness (QED) is 0.874. The van der Waals surface area contributed by atoms with Crippen LogP contribution in [0, 0.1) is 0 Å². The van der Waals surface area contributed by atoms with Crippen LogP contribution in [0.4, 0.5) is 0 Å². The minimum atomic E-state index is 0.149. The van der Waals surface area contributed by atoms with Gasteiger partial charge in [-0.3, -0.25) is 0 Å². The molecule has 2 N–H and O–H groups in total. The first-order chi connectivity index (χ1) is 7.17. The van der Waals surface area contributed by atoms with E-state index in [2.05, 4.69) is 21.2 Å². The van der Waals surface area contributed by atoms with Crippen molar-refractivity contribution < 1.29 is 5.11 Å². The zero-order chi connectivity index (χ0) is 11.3. The van der Waals surface area contributed by atoms with Gasteiger partial charge < -0.3 is 10.4 Å². The molecular formula is C11H15BrClNO. The second kappa shape index (κ2) is 6.48. The first kappa shape index (κ1) is 13.0. The van der Waals surface area contributed by atoms with Crippen LogP contribution >= 0.6 is 27.5 Å². The molecule has 1 rings (SSSR count). The summed E-state index contributed by atoms with van der Waals surface area (Å²) in [6.45, 7) is 2.91. The van der Waals surface area contributed by atoms with E-state index < -0.39 is 0 Å². The lowest BCUT2D eigenvalue weighted by molar-refractivity contribution is 0.238. The zero-order valence-corrected chi connectivity index (χ0v) is 11.0. The predicted molar refractivity (Wildman–Crippen MR) is 67.2 cm³/mol. The third-order valence-corrected chi connectivity index (χ3v) is 3.31. The van der Waals surface area contributed by atoms with Gasteiger partial charge in [-0.2, -0.15) is 0 Å². The van der Waals surface area contributed by atoms with E-state index in [9.17, 15) is 0 Å². The Bertz CT molecular complexity index is 315. The average Bonchev–Trinajstić information content (AvgIpc) is 2.24. The highest BCUT2D eigenvalue weighted by Crippen LogP contribution is 2.21. The van der Waals surface area contributed by atoms with Gasteiger partial charge in [0.25, 0.3) is 0 Å². The van der Waals surface area contributed by atoms with Gasteiger partial charge in [0.2, 0.25) is 0 Å². The van der Waals surface area contributed by atoms with Crippen LogP contribution in [0.25, 0.3) is 0 Å². The Balaban J connectivity index is 2.60. The van der Waals surface area contributed by atoms with Crippen molar-refractivity contribution in [3.8, 4) is 0 Å². The SMILES string of the molecule is CCC(CO)NCc1cc(Cl)ccc1Br. The minimum absolute atomic E-state index is 0.149. The highest BCUT2D eigenvalue weighted by molar-refractivity contribution is 9.10. The zero-order valence-electron chi connectivity index (χ0n) is 8.63. The molecule has 0 aliphatic heterocycles. The topological polar surface area (TPSA) is 32.3 Å². The van der Waals surface area contributed by atoms with Crippen molar-refractivity contribution in [1.29, 1.82) is 0 Å². The fourth-order valence-corrected chi connectivity index (χ4v) is 1.85. The van der Waals surface area contributed by atoms with E-state index in [0.29, 0.717) is 6.54 Å². The van der Waals surface area contributed by atoms with Gasteiger partial charge in [-0.25, -0.2) is 0 Å². The van der Waals surface area contributed by atoms with Crippen LogP contribution in [0.2, 0.25) is 5.02 Å². The maximum absolute atomic E-state index is 9.03. The molecule has 1 aromatic carbocycles. The summed E-state index contributed by atoms with van der Waals surface area (Å²) < 4.78 is 1.03. The number of nitrogens with one attached hydrogen (secondary N) is 1. The van der Waals surface area contributed by atoms with Gasteiger partial charge in [-0.05, 0) is 30.2 Å². The molecule has 0 spiro atoms. The molecular weight excluding hydrogens is 277 g/mol. The van der Waals surface area contributed by atoms with Gasteiger partial charge in [0.1, 0.15) is 0 Å². The fraction of sp³-hybridized carbons (Fsp3) is 0.455. The predicted octanol–water partition coefficient (Wildman–Crippen LogP) is 2.96. The largest absolute Gasteiger partial charge is 0.395 e. The van der Waals surface area contributed by atoms with E-state index >= 15 is 0 Å². The minimum Gasteiger partial charge on any atom is -0.395 e. The molecule has 0 amide bonds.